The van der Waals surface area contributed by atoms with Gasteiger partial charge in [-0.2, -0.15) is 0 Å². The summed E-state index contributed by atoms with van der Waals surface area (Å²) in [6, 6.07) is 0. The van der Waals surface area contributed by atoms with E-state index in [9.17, 15) is 4.79 Å². The second-order valence-corrected chi connectivity index (χ2v) is 11.6. The number of ketones is 1. The first-order valence-electron chi connectivity index (χ1n) is 14.9. The Balaban J connectivity index is 1.92. The maximum absolute atomic E-state index is 12.9. The van der Waals surface area contributed by atoms with Crippen molar-refractivity contribution in [2.75, 3.05) is 7.05 Å². The molecule has 1 heterocycles. The fraction of sp³-hybridized carbons (Fsp3) is 0.459. The number of carbonyl (C=O) groups is 1. The van der Waals surface area contributed by atoms with Crippen molar-refractivity contribution >= 4 is 17.2 Å². The lowest BCUT2D eigenvalue weighted by molar-refractivity contribution is -0.111. The number of hydrogen-bond acceptors (Lipinski definition) is 3. The van der Waals surface area contributed by atoms with Crippen LogP contribution >= 0.6 is 0 Å². The summed E-state index contributed by atoms with van der Waals surface area (Å²) in [5.41, 5.74) is 13.5. The van der Waals surface area contributed by atoms with Crippen molar-refractivity contribution in [1.82, 2.24) is 0 Å². The Morgan fingerprint density at radius 1 is 1.18 bits per heavy atom. The monoisotopic (exact) mass is 536 g/mol. The van der Waals surface area contributed by atoms with Gasteiger partial charge in [0.05, 0.1) is 11.4 Å². The smallest absolute Gasteiger partial charge is 0.183 e. The fourth-order valence-electron chi connectivity index (χ4n) is 6.01. The number of aliphatic imine (C=N–C) groups is 2. The molecule has 0 bridgehead atoms. The quantitative estimate of drug-likeness (QED) is 0.0797. The maximum Gasteiger partial charge on any atom is 0.183 e. The summed E-state index contributed by atoms with van der Waals surface area (Å²) in [6.45, 7) is 21.3. The van der Waals surface area contributed by atoms with Gasteiger partial charge in [-0.3, -0.25) is 14.8 Å². The molecule has 1 saturated carbocycles. The number of hydrogen-bond donors (Lipinski definition) is 0. The first-order valence-corrected chi connectivity index (χ1v) is 14.9. The first kappa shape index (κ1) is 31.2. The largest absolute Gasteiger partial charge is 0.290 e. The second-order valence-electron chi connectivity index (χ2n) is 11.6. The average molecular weight is 537 g/mol. The molecule has 212 valence electrons. The highest BCUT2D eigenvalue weighted by atomic mass is 16.1. The summed E-state index contributed by atoms with van der Waals surface area (Å²) >= 11 is 0. The highest BCUT2D eigenvalue weighted by Gasteiger charge is 2.23. The van der Waals surface area contributed by atoms with Crippen LogP contribution in [0.4, 0.5) is 0 Å². The van der Waals surface area contributed by atoms with E-state index in [0.717, 1.165) is 35.3 Å². The molecule has 40 heavy (non-hydrogen) atoms. The van der Waals surface area contributed by atoms with E-state index in [-0.39, 0.29) is 11.7 Å². The van der Waals surface area contributed by atoms with Crippen LogP contribution < -0.4 is 0 Å². The van der Waals surface area contributed by atoms with Gasteiger partial charge in [-0.15, -0.1) is 5.73 Å². The predicted molar refractivity (Wildman–Crippen MR) is 173 cm³/mol. The van der Waals surface area contributed by atoms with Gasteiger partial charge in [-0.1, -0.05) is 57.2 Å². The van der Waals surface area contributed by atoms with Crippen molar-refractivity contribution in [3.05, 3.63) is 100 Å². The third kappa shape index (κ3) is 7.89. The Bertz CT molecular complexity index is 1330. The molecule has 3 unspecified atom stereocenters. The molecule has 1 fully saturated rings. The predicted octanol–water partition coefficient (Wildman–Crippen LogP) is 9.59. The minimum absolute atomic E-state index is 0.0927. The lowest BCUT2D eigenvalue weighted by Crippen LogP contribution is -2.06. The minimum Gasteiger partial charge on any atom is -0.290 e. The van der Waals surface area contributed by atoms with E-state index in [1.54, 1.807) is 13.1 Å². The van der Waals surface area contributed by atoms with Crippen LogP contribution in [0.15, 0.2) is 110 Å². The summed E-state index contributed by atoms with van der Waals surface area (Å²) in [6.07, 6.45) is 19.9. The highest BCUT2D eigenvalue weighted by molar-refractivity contribution is 6.19. The number of rotatable bonds is 7. The van der Waals surface area contributed by atoms with E-state index < -0.39 is 0 Å². The van der Waals surface area contributed by atoms with Crippen molar-refractivity contribution in [1.29, 1.82) is 0 Å². The summed E-state index contributed by atoms with van der Waals surface area (Å²) in [5.74, 6) is 1.28. The molecule has 3 nitrogen and oxygen atoms in total. The Morgan fingerprint density at radius 3 is 2.60 bits per heavy atom. The van der Waals surface area contributed by atoms with Crippen LogP contribution in [0.25, 0.3) is 0 Å². The summed E-state index contributed by atoms with van der Waals surface area (Å²) in [5, 5.41) is 0. The van der Waals surface area contributed by atoms with E-state index in [4.69, 9.17) is 4.99 Å². The molecule has 0 radical (unpaired) electrons. The van der Waals surface area contributed by atoms with Gasteiger partial charge in [0.15, 0.2) is 5.78 Å². The molecular formula is C37H48N2O. The van der Waals surface area contributed by atoms with Gasteiger partial charge in [-0.25, -0.2) is 0 Å². The van der Waals surface area contributed by atoms with E-state index in [0.29, 0.717) is 35.2 Å². The molecule has 3 heteroatoms. The highest BCUT2D eigenvalue weighted by Crippen LogP contribution is 2.36. The lowest BCUT2D eigenvalue weighted by atomic mass is 9.89. The zero-order valence-corrected chi connectivity index (χ0v) is 25.9. The molecule has 0 aromatic carbocycles. The van der Waals surface area contributed by atoms with E-state index >= 15 is 0 Å². The van der Waals surface area contributed by atoms with Crippen LogP contribution in [0.2, 0.25) is 0 Å². The SMILES string of the molecule is C=C1CC(/C=C\C(=C/C)C2CCC(=C)C(CCC)CC2)=NC(C(/C=C2/C(C)=C=C(C)C(C)=CC2C)=NC)=CC1=O. The Kier molecular flexibility index (Phi) is 11.2. The van der Waals surface area contributed by atoms with Gasteiger partial charge in [0.1, 0.15) is 0 Å². The van der Waals surface area contributed by atoms with Crippen molar-refractivity contribution in [3.63, 3.8) is 0 Å². The fourth-order valence-corrected chi connectivity index (χ4v) is 6.01. The number of nitrogens with zero attached hydrogens (tertiary/aromatic N) is 2. The maximum atomic E-state index is 12.9. The molecule has 0 spiro atoms. The van der Waals surface area contributed by atoms with Crippen LogP contribution in [0.1, 0.15) is 86.5 Å². The summed E-state index contributed by atoms with van der Waals surface area (Å²) in [7, 11) is 1.76. The van der Waals surface area contributed by atoms with E-state index in [1.165, 1.54) is 42.4 Å². The molecular weight excluding hydrogens is 488 g/mol. The molecule has 3 atom stereocenters. The Morgan fingerprint density at radius 2 is 1.93 bits per heavy atom. The van der Waals surface area contributed by atoms with Crippen molar-refractivity contribution < 1.29 is 4.79 Å². The lowest BCUT2D eigenvalue weighted by Gasteiger charge is -2.16. The van der Waals surface area contributed by atoms with E-state index in [2.05, 4.69) is 95.8 Å². The van der Waals surface area contributed by atoms with Crippen LogP contribution in [0.3, 0.4) is 0 Å². The normalized spacial score (nSPS) is 26.6. The standard InChI is InChI=1S/C37H48N2O/c1-10-12-31-15-16-32(14-13-24(31)3)30(11-2)17-18-33-21-29(8)37(40)23-36(39-33)35(38-9)22-34-27(6)19-25(4)26(5)20-28(34)7/h11,17-19,22-23,27,31-32H,3,8,10,12-16,21H2,1-2,4-7,9H3/b18-17-,30-11+,34-22+,38-35?. The average Bonchev–Trinajstić information content (AvgIpc) is 3.22. The molecule has 0 aromatic rings. The van der Waals surface area contributed by atoms with Crippen LogP contribution in [-0.2, 0) is 4.79 Å². The van der Waals surface area contributed by atoms with Crippen molar-refractivity contribution in [3.8, 4) is 0 Å². The third-order valence-electron chi connectivity index (χ3n) is 8.63. The van der Waals surface area contributed by atoms with Gasteiger partial charge >= 0.3 is 0 Å². The first-order chi connectivity index (χ1) is 19.1. The number of carbonyl (C=O) groups excluding carboxylic acids is 1. The topological polar surface area (TPSA) is 41.8 Å². The van der Waals surface area contributed by atoms with Gasteiger partial charge in [0, 0.05) is 31.2 Å². The number of allylic oxidation sites excluding steroid dienone is 12. The minimum atomic E-state index is -0.0927. The molecule has 1 aliphatic heterocycles. The van der Waals surface area contributed by atoms with Gasteiger partial charge in [-0.05, 0) is 117 Å². The molecule has 0 saturated heterocycles. The van der Waals surface area contributed by atoms with Gasteiger partial charge in [0.25, 0.3) is 0 Å². The summed E-state index contributed by atoms with van der Waals surface area (Å²) in [4.78, 5) is 22.5. The van der Waals surface area contributed by atoms with Gasteiger partial charge in [0.2, 0.25) is 0 Å². The van der Waals surface area contributed by atoms with Gasteiger partial charge < -0.3 is 0 Å². The van der Waals surface area contributed by atoms with Crippen molar-refractivity contribution in [2.45, 2.75) is 86.5 Å². The Hall–Kier alpha value is -3.29. The van der Waals surface area contributed by atoms with Crippen LogP contribution in [-0.4, -0.2) is 24.3 Å². The molecule has 0 N–H and O–H groups in total. The molecule has 2 aliphatic carbocycles. The van der Waals surface area contributed by atoms with Crippen LogP contribution in [0.5, 0.6) is 0 Å². The van der Waals surface area contributed by atoms with Crippen LogP contribution in [0, 0.1) is 17.8 Å². The molecule has 3 aliphatic rings. The zero-order chi connectivity index (χ0) is 29.4. The second kappa shape index (κ2) is 14.4. The molecule has 0 amide bonds. The van der Waals surface area contributed by atoms with E-state index in [1.807, 2.05) is 0 Å². The summed E-state index contributed by atoms with van der Waals surface area (Å²) < 4.78 is 0. The molecule has 3 rings (SSSR count). The zero-order valence-electron chi connectivity index (χ0n) is 25.9. The molecule has 0 aromatic heterocycles. The third-order valence-corrected chi connectivity index (χ3v) is 8.63. The van der Waals surface area contributed by atoms with Crippen molar-refractivity contribution in [2.24, 2.45) is 27.7 Å². The Labute approximate surface area is 243 Å².